The first-order chi connectivity index (χ1) is 19.7. The van der Waals surface area contributed by atoms with Crippen molar-refractivity contribution in [3.05, 3.63) is 149 Å². The summed E-state index contributed by atoms with van der Waals surface area (Å²) in [5.74, 6) is 0. The van der Waals surface area contributed by atoms with Crippen LogP contribution in [0.2, 0.25) is 0 Å². The summed E-state index contributed by atoms with van der Waals surface area (Å²) in [6.07, 6.45) is 0.968. The lowest BCUT2D eigenvalue weighted by Crippen LogP contribution is -1.94. The number of para-hydroxylation sites is 2. The number of rotatable bonds is 2. The smallest absolute Gasteiger partial charge is 0.270 e. The van der Waals surface area contributed by atoms with E-state index in [2.05, 4.69) is 106 Å². The summed E-state index contributed by atoms with van der Waals surface area (Å²) in [5.41, 5.74) is 11.4. The largest absolute Gasteiger partial charge is 0.309 e. The molecule has 0 saturated heterocycles. The topological polar surface area (TPSA) is 33.1 Å². The summed E-state index contributed by atoms with van der Waals surface area (Å²) in [6, 6.07) is 40.9. The van der Waals surface area contributed by atoms with Crippen molar-refractivity contribution in [2.75, 3.05) is 0 Å². The minimum atomic E-state index is 0.152. The van der Waals surface area contributed by atoms with Crippen LogP contribution >= 0.6 is 11.8 Å². The van der Waals surface area contributed by atoms with E-state index >= 15 is 0 Å². The molecule has 0 spiro atoms. The highest BCUT2D eigenvalue weighted by Gasteiger charge is 2.30. The van der Waals surface area contributed by atoms with Crippen molar-refractivity contribution in [2.45, 2.75) is 16.6 Å². The molecule has 8 rings (SSSR count). The van der Waals surface area contributed by atoms with Crippen LogP contribution in [0.1, 0.15) is 27.5 Å². The van der Waals surface area contributed by atoms with Gasteiger partial charge in [-0.05, 0) is 76.2 Å². The molecule has 1 aliphatic heterocycles. The Kier molecular flexibility index (Phi) is 5.01. The van der Waals surface area contributed by atoms with Gasteiger partial charge >= 0.3 is 0 Å². The second kappa shape index (κ2) is 8.75. The monoisotopic (exact) mass is 527 g/mol. The van der Waals surface area contributed by atoms with Crippen LogP contribution in [-0.4, -0.2) is 4.57 Å². The number of hydrogen-bond donors (Lipinski definition) is 0. The van der Waals surface area contributed by atoms with Crippen molar-refractivity contribution in [2.24, 2.45) is 0 Å². The molecule has 186 valence electrons. The summed E-state index contributed by atoms with van der Waals surface area (Å²) in [5, 5.41) is 12.5. The quantitative estimate of drug-likeness (QED) is 0.166. The molecule has 5 aromatic carbocycles. The zero-order chi connectivity index (χ0) is 26.8. The Morgan fingerprint density at radius 1 is 0.775 bits per heavy atom. The summed E-state index contributed by atoms with van der Waals surface area (Å²) < 4.78 is 2.38. The molecular formula is C36H21N3S. The average Bonchev–Trinajstić information content (AvgIpc) is 3.67. The standard InChI is InChI=1S/C36H21N3S/c1-38-31(21-37)36-27-13-6-5-11-25(27)29-17-22(15-16-28(29)36)34-19-23-18-30-26-12-7-8-14-32(26)39(24-9-3-2-4-10-24)33(30)20-35(23)40-34/h2-18,20,34H,19H2/b36-31-. The average molecular weight is 528 g/mol. The Balaban J connectivity index is 1.24. The van der Waals surface area contributed by atoms with Crippen molar-refractivity contribution in [1.29, 1.82) is 5.26 Å². The molecule has 3 nitrogen and oxygen atoms in total. The molecule has 1 aromatic heterocycles. The highest BCUT2D eigenvalue weighted by molar-refractivity contribution is 7.99. The number of nitriles is 1. The van der Waals surface area contributed by atoms with Crippen LogP contribution in [0.3, 0.4) is 0 Å². The van der Waals surface area contributed by atoms with Crippen LogP contribution in [-0.2, 0) is 6.42 Å². The second-order valence-electron chi connectivity index (χ2n) is 10.3. The van der Waals surface area contributed by atoms with E-state index in [4.69, 9.17) is 6.57 Å². The van der Waals surface area contributed by atoms with Crippen molar-refractivity contribution in [1.82, 2.24) is 4.57 Å². The fraction of sp³-hybridized carbons (Fsp3) is 0.0556. The summed E-state index contributed by atoms with van der Waals surface area (Å²) in [6.45, 7) is 7.57. The van der Waals surface area contributed by atoms with Crippen LogP contribution in [0.4, 0.5) is 0 Å². The van der Waals surface area contributed by atoms with Crippen LogP contribution in [0.25, 0.3) is 49.0 Å². The molecule has 6 aromatic rings. The predicted octanol–water partition coefficient (Wildman–Crippen LogP) is 9.36. The Morgan fingerprint density at radius 2 is 1.52 bits per heavy atom. The van der Waals surface area contributed by atoms with Gasteiger partial charge in [-0.15, -0.1) is 11.8 Å². The molecule has 40 heavy (non-hydrogen) atoms. The lowest BCUT2D eigenvalue weighted by atomic mass is 9.97. The number of benzene rings is 5. The molecule has 0 fully saturated rings. The molecular weight excluding hydrogens is 506 g/mol. The molecule has 1 atom stereocenters. The Morgan fingerprint density at radius 3 is 2.35 bits per heavy atom. The van der Waals surface area contributed by atoms with E-state index in [0.717, 1.165) is 34.2 Å². The minimum Gasteiger partial charge on any atom is -0.309 e. The number of hydrogen-bond acceptors (Lipinski definition) is 2. The molecule has 0 amide bonds. The zero-order valence-electron chi connectivity index (χ0n) is 21.4. The molecule has 0 N–H and O–H groups in total. The number of nitrogens with zero attached hydrogens (tertiary/aromatic N) is 3. The molecule has 1 unspecified atom stereocenters. The molecule has 4 heteroatoms. The van der Waals surface area contributed by atoms with Gasteiger partial charge < -0.3 is 4.57 Å². The maximum atomic E-state index is 9.66. The number of fused-ring (bicyclic) bond motifs is 7. The molecule has 0 radical (unpaired) electrons. The highest BCUT2D eigenvalue weighted by Crippen LogP contribution is 2.52. The van der Waals surface area contributed by atoms with Gasteiger partial charge in [0, 0.05) is 32.2 Å². The summed E-state index contributed by atoms with van der Waals surface area (Å²) >= 11 is 1.93. The van der Waals surface area contributed by atoms with Crippen LogP contribution < -0.4 is 0 Å². The second-order valence-corrected chi connectivity index (χ2v) is 11.5. The van der Waals surface area contributed by atoms with Gasteiger partial charge in [0.1, 0.15) is 0 Å². The Labute approximate surface area is 236 Å². The normalized spacial score (nSPS) is 16.3. The van der Waals surface area contributed by atoms with Gasteiger partial charge in [0.15, 0.2) is 0 Å². The predicted molar refractivity (Wildman–Crippen MR) is 163 cm³/mol. The first-order valence-corrected chi connectivity index (χ1v) is 14.2. The van der Waals surface area contributed by atoms with Gasteiger partial charge in [0.05, 0.1) is 23.7 Å². The van der Waals surface area contributed by atoms with Crippen molar-refractivity contribution in [3.63, 3.8) is 0 Å². The lowest BCUT2D eigenvalue weighted by Gasteiger charge is -2.12. The van der Waals surface area contributed by atoms with Gasteiger partial charge in [-0.2, -0.15) is 0 Å². The molecule has 2 aliphatic rings. The Hall–Kier alpha value is -5.03. The van der Waals surface area contributed by atoms with Gasteiger partial charge in [0.2, 0.25) is 0 Å². The first kappa shape index (κ1) is 22.9. The third-order valence-corrected chi connectivity index (χ3v) is 9.53. The van der Waals surface area contributed by atoms with Crippen molar-refractivity contribution in [3.8, 4) is 22.9 Å². The first-order valence-electron chi connectivity index (χ1n) is 13.3. The van der Waals surface area contributed by atoms with E-state index in [1.165, 1.54) is 43.5 Å². The molecule has 0 saturated carbocycles. The maximum absolute atomic E-state index is 9.66. The lowest BCUT2D eigenvalue weighted by molar-refractivity contribution is 0.951. The highest BCUT2D eigenvalue weighted by atomic mass is 32.2. The molecule has 0 bridgehead atoms. The van der Waals surface area contributed by atoms with Crippen LogP contribution in [0.5, 0.6) is 0 Å². The van der Waals surface area contributed by atoms with Crippen LogP contribution in [0.15, 0.2) is 120 Å². The van der Waals surface area contributed by atoms with E-state index in [1.54, 1.807) is 0 Å². The number of allylic oxidation sites excluding steroid dienone is 1. The Bertz CT molecular complexity index is 2120. The van der Waals surface area contributed by atoms with E-state index in [0.29, 0.717) is 5.25 Å². The third kappa shape index (κ3) is 3.24. The fourth-order valence-electron chi connectivity index (χ4n) is 6.42. The van der Waals surface area contributed by atoms with Crippen LogP contribution in [0, 0.1) is 17.9 Å². The van der Waals surface area contributed by atoms with Gasteiger partial charge in [-0.25, -0.2) is 10.1 Å². The van der Waals surface area contributed by atoms with E-state index in [-0.39, 0.29) is 5.70 Å². The third-order valence-electron chi connectivity index (χ3n) is 8.17. The minimum absolute atomic E-state index is 0.152. The van der Waals surface area contributed by atoms with Gasteiger partial charge in [0.25, 0.3) is 5.70 Å². The number of aromatic nitrogens is 1. The van der Waals surface area contributed by atoms with Crippen molar-refractivity contribution < 1.29 is 0 Å². The number of thioether (sulfide) groups is 1. The molecule has 1 aliphatic carbocycles. The summed E-state index contributed by atoms with van der Waals surface area (Å²) in [4.78, 5) is 4.88. The van der Waals surface area contributed by atoms with E-state index < -0.39 is 0 Å². The van der Waals surface area contributed by atoms with E-state index in [1.807, 2.05) is 30.0 Å². The van der Waals surface area contributed by atoms with Crippen molar-refractivity contribution >= 4 is 39.1 Å². The van der Waals surface area contributed by atoms with E-state index in [9.17, 15) is 5.26 Å². The van der Waals surface area contributed by atoms with Gasteiger partial charge in [-0.1, -0.05) is 72.8 Å². The van der Waals surface area contributed by atoms with Gasteiger partial charge in [-0.3, -0.25) is 0 Å². The molecule has 2 heterocycles. The zero-order valence-corrected chi connectivity index (χ0v) is 22.2. The SMILES string of the molecule is [C-]#[N+]/C(C#N)=C1/c2ccccc2-c2cc(C3Cc4cc5c6ccccc6n(-c6ccccc6)c5cc4S3)ccc21. The maximum Gasteiger partial charge on any atom is 0.270 e. The fourth-order valence-corrected chi connectivity index (χ4v) is 7.75. The summed E-state index contributed by atoms with van der Waals surface area (Å²) in [7, 11) is 0.